The second-order valence-electron chi connectivity index (χ2n) is 10.7. The van der Waals surface area contributed by atoms with Crippen molar-refractivity contribution >= 4 is 11.5 Å². The predicted octanol–water partition coefficient (Wildman–Crippen LogP) is 2.40. The van der Waals surface area contributed by atoms with Crippen LogP contribution in [0.25, 0.3) is 5.70 Å². The highest BCUT2D eigenvalue weighted by molar-refractivity contribution is 5.82. The molecule has 4 aromatic heterocycles. The zero-order chi connectivity index (χ0) is 30.1. The molecular weight excluding hydrogens is 570 g/mol. The SMILES string of the molecule is C1=COC(N2C(c3cccnn3)C(N3CC=CN3)=C(c3ccn[nH]3)N(c3cnccn3)C2(c2ccccn2)N2CCCN2)C=C1. The van der Waals surface area contributed by atoms with E-state index in [1.54, 1.807) is 37.2 Å². The Balaban J connectivity index is 1.56. The standard InChI is InChI=1S/C31H31N13O/c1-3-12-33-25(9-1)31(42-20-7-15-38-42)43(26-22-32-17-18-34-26)28(24-11-16-36-40-24)30(41-19-6-14-37-41)29(23-8-5-13-35-39-23)44(31)27-10-2-4-21-45-27/h1-6,8-14,16-18,21-22,27,29,37-38H,7,15,19-20H2,(H,36,40). The fraction of sp³-hybridized carbons (Fsp3) is 0.226. The molecule has 3 N–H and O–H groups in total. The van der Waals surface area contributed by atoms with Gasteiger partial charge < -0.3 is 10.2 Å². The monoisotopic (exact) mass is 601 g/mol. The van der Waals surface area contributed by atoms with Crippen molar-refractivity contribution in [1.29, 1.82) is 0 Å². The number of nitrogens with one attached hydrogen (secondary N) is 3. The van der Waals surface area contributed by atoms with Gasteiger partial charge in [-0.05, 0) is 55.0 Å². The number of aromatic nitrogens is 7. The first kappa shape index (κ1) is 27.1. The number of hydrogen-bond acceptors (Lipinski definition) is 13. The largest absolute Gasteiger partial charge is 0.479 e. The molecule has 14 heteroatoms. The second kappa shape index (κ2) is 11.6. The molecule has 8 rings (SSSR count). The molecule has 0 spiro atoms. The highest BCUT2D eigenvalue weighted by Gasteiger charge is 2.63. The minimum absolute atomic E-state index is 0.525. The third-order valence-corrected chi connectivity index (χ3v) is 8.21. The number of pyridine rings is 1. The molecule has 3 atom stereocenters. The van der Waals surface area contributed by atoms with Gasteiger partial charge in [-0.25, -0.2) is 14.9 Å². The van der Waals surface area contributed by atoms with E-state index in [1.165, 1.54) is 0 Å². The summed E-state index contributed by atoms with van der Waals surface area (Å²) < 4.78 is 6.49. The van der Waals surface area contributed by atoms with Crippen LogP contribution in [0, 0.1) is 0 Å². The van der Waals surface area contributed by atoms with Crippen LogP contribution < -0.4 is 15.8 Å². The molecule has 226 valence electrons. The van der Waals surface area contributed by atoms with Crippen LogP contribution in [0.3, 0.4) is 0 Å². The molecule has 8 heterocycles. The van der Waals surface area contributed by atoms with Crippen LogP contribution in [0.4, 0.5) is 5.82 Å². The fourth-order valence-corrected chi connectivity index (χ4v) is 6.55. The van der Waals surface area contributed by atoms with E-state index < -0.39 is 18.1 Å². The Morgan fingerprint density at radius 3 is 2.67 bits per heavy atom. The lowest BCUT2D eigenvalue weighted by Crippen LogP contribution is -2.74. The van der Waals surface area contributed by atoms with Crippen molar-refractivity contribution < 1.29 is 4.74 Å². The summed E-state index contributed by atoms with van der Waals surface area (Å²) in [7, 11) is 0. The van der Waals surface area contributed by atoms with Gasteiger partial charge in [0.1, 0.15) is 6.04 Å². The number of ether oxygens (including phenoxy) is 1. The van der Waals surface area contributed by atoms with E-state index >= 15 is 0 Å². The van der Waals surface area contributed by atoms with Gasteiger partial charge in [-0.2, -0.15) is 15.3 Å². The van der Waals surface area contributed by atoms with Gasteiger partial charge in [-0.3, -0.25) is 30.4 Å². The average Bonchev–Trinajstić information content (AvgIpc) is 3.94. The topological polar surface area (TPSA) is 139 Å². The summed E-state index contributed by atoms with van der Waals surface area (Å²) in [6.45, 7) is 2.09. The van der Waals surface area contributed by atoms with E-state index in [-0.39, 0.29) is 0 Å². The van der Waals surface area contributed by atoms with E-state index in [0.29, 0.717) is 18.9 Å². The molecule has 4 aliphatic heterocycles. The second-order valence-corrected chi connectivity index (χ2v) is 10.7. The number of hydrazine groups is 2. The Labute approximate surface area is 259 Å². The van der Waals surface area contributed by atoms with Crippen LogP contribution in [0.5, 0.6) is 0 Å². The average molecular weight is 602 g/mol. The summed E-state index contributed by atoms with van der Waals surface area (Å²) in [6.07, 6.45) is 22.4. The molecule has 1 saturated heterocycles. The van der Waals surface area contributed by atoms with Gasteiger partial charge in [-0.1, -0.05) is 12.1 Å². The van der Waals surface area contributed by atoms with Gasteiger partial charge in [-0.15, -0.1) is 0 Å². The lowest BCUT2D eigenvalue weighted by molar-refractivity contribution is -0.167. The lowest BCUT2D eigenvalue weighted by atomic mass is 9.91. The molecule has 0 aromatic carbocycles. The summed E-state index contributed by atoms with van der Waals surface area (Å²) in [5.74, 6) is -0.586. The van der Waals surface area contributed by atoms with Crippen LogP contribution in [0.2, 0.25) is 0 Å². The molecule has 1 fully saturated rings. The number of nitrogens with zero attached hydrogens (tertiary/aromatic N) is 10. The molecule has 4 aliphatic rings. The Morgan fingerprint density at radius 2 is 1.98 bits per heavy atom. The molecule has 0 bridgehead atoms. The first-order chi connectivity index (χ1) is 22.4. The van der Waals surface area contributed by atoms with Crippen LogP contribution in [0.15, 0.2) is 116 Å². The maximum Gasteiger partial charge on any atom is 0.218 e. The van der Waals surface area contributed by atoms with E-state index in [2.05, 4.69) is 57.0 Å². The van der Waals surface area contributed by atoms with Gasteiger partial charge in [0.2, 0.25) is 5.79 Å². The number of hydrogen-bond donors (Lipinski definition) is 3. The highest BCUT2D eigenvalue weighted by atomic mass is 16.5. The Morgan fingerprint density at radius 1 is 0.978 bits per heavy atom. The summed E-state index contributed by atoms with van der Waals surface area (Å²) in [5.41, 5.74) is 11.1. The maximum atomic E-state index is 6.49. The van der Waals surface area contributed by atoms with Crippen LogP contribution in [0.1, 0.15) is 29.5 Å². The zero-order valence-corrected chi connectivity index (χ0v) is 24.3. The highest BCUT2D eigenvalue weighted by Crippen LogP contribution is 2.55. The summed E-state index contributed by atoms with van der Waals surface area (Å²) in [6, 6.07) is 11.3. The van der Waals surface area contributed by atoms with E-state index in [0.717, 1.165) is 41.4 Å². The molecule has 3 unspecified atom stereocenters. The van der Waals surface area contributed by atoms with Crippen molar-refractivity contribution in [1.82, 2.24) is 61.1 Å². The number of anilines is 1. The number of allylic oxidation sites excluding steroid dienone is 2. The Hall–Kier alpha value is -5.44. The molecule has 0 saturated carbocycles. The maximum absolute atomic E-state index is 6.49. The molecule has 4 aromatic rings. The smallest absolute Gasteiger partial charge is 0.218 e. The fourth-order valence-electron chi connectivity index (χ4n) is 6.55. The van der Waals surface area contributed by atoms with E-state index in [1.807, 2.05) is 67.0 Å². The van der Waals surface area contributed by atoms with Crippen molar-refractivity contribution in [3.8, 4) is 0 Å². The summed E-state index contributed by atoms with van der Waals surface area (Å²) >= 11 is 0. The van der Waals surface area contributed by atoms with Gasteiger partial charge in [0, 0.05) is 50.3 Å². The molecule has 0 amide bonds. The molecule has 14 nitrogen and oxygen atoms in total. The normalized spacial score (nSPS) is 25.2. The minimum Gasteiger partial charge on any atom is -0.479 e. The molecule has 45 heavy (non-hydrogen) atoms. The zero-order valence-electron chi connectivity index (χ0n) is 24.3. The van der Waals surface area contributed by atoms with Crippen molar-refractivity contribution in [2.24, 2.45) is 0 Å². The minimum atomic E-state index is -1.19. The van der Waals surface area contributed by atoms with Crippen molar-refractivity contribution in [3.63, 3.8) is 0 Å². The van der Waals surface area contributed by atoms with Gasteiger partial charge >= 0.3 is 0 Å². The first-order valence-electron chi connectivity index (χ1n) is 14.8. The summed E-state index contributed by atoms with van der Waals surface area (Å²) in [4.78, 5) is 19.0. The van der Waals surface area contributed by atoms with Crippen molar-refractivity contribution in [2.75, 3.05) is 24.5 Å². The lowest BCUT2D eigenvalue weighted by Gasteiger charge is -2.61. The Bertz CT molecular complexity index is 1720. The quantitative estimate of drug-likeness (QED) is 0.286. The van der Waals surface area contributed by atoms with E-state index in [4.69, 9.17) is 19.8 Å². The van der Waals surface area contributed by atoms with Gasteiger partial charge in [0.25, 0.3) is 0 Å². The number of rotatable bonds is 7. The van der Waals surface area contributed by atoms with Crippen LogP contribution in [-0.2, 0) is 10.5 Å². The van der Waals surface area contributed by atoms with Gasteiger partial charge in [0.05, 0.1) is 47.5 Å². The third-order valence-electron chi connectivity index (χ3n) is 8.21. The number of H-pyrrole nitrogens is 1. The molecular formula is C31H31N13O. The van der Waals surface area contributed by atoms with Crippen molar-refractivity contribution in [2.45, 2.75) is 24.5 Å². The summed E-state index contributed by atoms with van der Waals surface area (Å²) in [5, 5.41) is 21.1. The molecule has 0 aliphatic carbocycles. The van der Waals surface area contributed by atoms with Gasteiger partial charge in [0.15, 0.2) is 12.0 Å². The van der Waals surface area contributed by atoms with Crippen LogP contribution in [-0.4, -0.2) is 76.1 Å². The number of aromatic amines is 1. The van der Waals surface area contributed by atoms with E-state index in [9.17, 15) is 0 Å². The third kappa shape index (κ3) is 4.46. The molecule has 0 radical (unpaired) electrons. The predicted molar refractivity (Wildman–Crippen MR) is 164 cm³/mol. The van der Waals surface area contributed by atoms with Crippen LogP contribution >= 0.6 is 0 Å². The van der Waals surface area contributed by atoms with Crippen molar-refractivity contribution in [3.05, 3.63) is 133 Å². The Kier molecular flexibility index (Phi) is 6.98. The first-order valence-corrected chi connectivity index (χ1v) is 14.8.